The Labute approximate surface area is 182 Å². The van der Waals surface area contributed by atoms with E-state index in [1.165, 1.54) is 18.8 Å². The highest BCUT2D eigenvalue weighted by molar-refractivity contribution is 6.33. The lowest BCUT2D eigenvalue weighted by molar-refractivity contribution is 0.0509. The van der Waals surface area contributed by atoms with Crippen LogP contribution in [0.2, 0.25) is 5.02 Å². The Balaban J connectivity index is 2.08. The van der Waals surface area contributed by atoms with E-state index in [1.807, 2.05) is 30.3 Å². The van der Waals surface area contributed by atoms with Gasteiger partial charge >= 0.3 is 5.97 Å². The summed E-state index contributed by atoms with van der Waals surface area (Å²) < 4.78 is 17.3. The molecule has 4 rings (SSSR count). The topological polar surface area (TPSA) is 101 Å². The van der Waals surface area contributed by atoms with Crippen molar-refractivity contribution in [2.75, 3.05) is 20.8 Å². The van der Waals surface area contributed by atoms with Gasteiger partial charge in [-0.15, -0.1) is 10.2 Å². The maximum Gasteiger partial charge on any atom is 0.376 e. The Hall–Kier alpha value is -3.72. The zero-order valence-corrected chi connectivity index (χ0v) is 17.8. The predicted molar refractivity (Wildman–Crippen MR) is 114 cm³/mol. The van der Waals surface area contributed by atoms with Crippen LogP contribution in [0.1, 0.15) is 17.5 Å². The Morgan fingerprint density at radius 1 is 1.00 bits per heavy atom. The van der Waals surface area contributed by atoms with Crippen LogP contribution in [0.15, 0.2) is 42.5 Å². The van der Waals surface area contributed by atoms with Gasteiger partial charge < -0.3 is 14.2 Å². The fourth-order valence-electron chi connectivity index (χ4n) is 3.13. The van der Waals surface area contributed by atoms with E-state index < -0.39 is 5.97 Å². The molecule has 9 nitrogen and oxygen atoms in total. The molecule has 2 aromatic carbocycles. The summed E-state index contributed by atoms with van der Waals surface area (Å²) in [7, 11) is 2.93. The molecule has 0 amide bonds. The summed E-state index contributed by atoms with van der Waals surface area (Å²) in [5.41, 5.74) is 1.97. The molecule has 158 valence electrons. The second-order valence-electron chi connectivity index (χ2n) is 6.28. The van der Waals surface area contributed by atoms with Crippen LogP contribution in [0.4, 0.5) is 0 Å². The van der Waals surface area contributed by atoms with Gasteiger partial charge in [0, 0.05) is 5.56 Å². The van der Waals surface area contributed by atoms with E-state index in [2.05, 4.69) is 20.2 Å². The Morgan fingerprint density at radius 2 is 1.71 bits per heavy atom. The number of aromatic nitrogens is 5. The largest absolute Gasteiger partial charge is 0.477 e. The Bertz CT molecular complexity index is 1260. The Kier molecular flexibility index (Phi) is 5.68. The van der Waals surface area contributed by atoms with Crippen molar-refractivity contribution in [1.29, 1.82) is 0 Å². The van der Waals surface area contributed by atoms with Crippen molar-refractivity contribution >= 4 is 28.6 Å². The minimum absolute atomic E-state index is 0.0355. The fraction of sp³-hybridized carbons (Fsp3) is 0.190. The average Bonchev–Trinajstić information content (AvgIpc) is 3.23. The number of benzene rings is 2. The SMILES string of the molecule is CCOC(=O)c1nnc(-c2ccccc2)n1-c1c(Cl)ccc2nc(OC)c(OC)nc12. The lowest BCUT2D eigenvalue weighted by Gasteiger charge is -2.15. The highest BCUT2D eigenvalue weighted by atomic mass is 35.5. The van der Waals surface area contributed by atoms with E-state index >= 15 is 0 Å². The van der Waals surface area contributed by atoms with Crippen LogP contribution in [-0.2, 0) is 4.74 Å². The molecule has 0 aliphatic carbocycles. The maximum atomic E-state index is 12.7. The molecule has 0 saturated heterocycles. The molecule has 2 heterocycles. The summed E-state index contributed by atoms with van der Waals surface area (Å²) in [6.07, 6.45) is 0. The van der Waals surface area contributed by atoms with Gasteiger partial charge in [0.15, 0.2) is 5.82 Å². The molecular weight excluding hydrogens is 422 g/mol. The fourth-order valence-corrected chi connectivity index (χ4v) is 3.37. The number of nitrogens with zero attached hydrogens (tertiary/aromatic N) is 5. The first-order valence-corrected chi connectivity index (χ1v) is 9.73. The van der Waals surface area contributed by atoms with Crippen molar-refractivity contribution in [2.24, 2.45) is 0 Å². The van der Waals surface area contributed by atoms with E-state index in [0.717, 1.165) is 5.56 Å². The minimum atomic E-state index is -0.640. The zero-order valence-electron chi connectivity index (χ0n) is 17.0. The van der Waals surface area contributed by atoms with Crippen LogP contribution in [0.3, 0.4) is 0 Å². The smallest absolute Gasteiger partial charge is 0.376 e. The molecule has 4 aromatic rings. The molecule has 2 aromatic heterocycles. The second kappa shape index (κ2) is 8.57. The molecule has 0 aliphatic heterocycles. The number of hydrogen-bond donors (Lipinski definition) is 0. The predicted octanol–water partition coefficient (Wildman–Crippen LogP) is 3.72. The third kappa shape index (κ3) is 3.64. The van der Waals surface area contributed by atoms with Crippen LogP contribution in [-0.4, -0.2) is 51.5 Å². The van der Waals surface area contributed by atoms with E-state index in [1.54, 1.807) is 19.1 Å². The normalized spacial score (nSPS) is 10.8. The van der Waals surface area contributed by atoms with E-state index in [-0.39, 0.29) is 24.2 Å². The summed E-state index contributed by atoms with van der Waals surface area (Å²) in [5.74, 6) is 0.117. The highest BCUT2D eigenvalue weighted by Gasteiger charge is 2.26. The standard InChI is InChI=1S/C21H18ClN5O4/c1-4-31-21(28)18-26-25-17(12-8-6-5-7-9-12)27(18)16-13(22)10-11-14-15(16)24-20(30-3)19(23-14)29-2/h5-11H,4H2,1-3H3. The molecule has 0 N–H and O–H groups in total. The number of carbonyl (C=O) groups excluding carboxylic acids is 1. The number of carbonyl (C=O) groups is 1. The van der Waals surface area contributed by atoms with E-state index in [0.29, 0.717) is 27.6 Å². The number of fused-ring (bicyclic) bond motifs is 1. The second-order valence-corrected chi connectivity index (χ2v) is 6.68. The third-order valence-corrected chi connectivity index (χ3v) is 4.77. The molecule has 0 atom stereocenters. The summed E-state index contributed by atoms with van der Waals surface area (Å²) in [6.45, 7) is 1.89. The van der Waals surface area contributed by atoms with Gasteiger partial charge in [0.2, 0.25) is 5.82 Å². The van der Waals surface area contributed by atoms with E-state index in [4.69, 9.17) is 25.8 Å². The summed E-state index contributed by atoms with van der Waals surface area (Å²) in [6, 6.07) is 12.7. The number of hydrogen-bond acceptors (Lipinski definition) is 8. The van der Waals surface area contributed by atoms with Crippen molar-refractivity contribution < 1.29 is 19.0 Å². The quantitative estimate of drug-likeness (QED) is 0.419. The van der Waals surface area contributed by atoms with Crippen LogP contribution < -0.4 is 9.47 Å². The zero-order chi connectivity index (χ0) is 22.0. The van der Waals surface area contributed by atoms with Gasteiger partial charge in [-0.25, -0.2) is 14.8 Å². The van der Waals surface area contributed by atoms with Crippen LogP contribution >= 0.6 is 11.6 Å². The van der Waals surface area contributed by atoms with Crippen molar-refractivity contribution in [3.05, 3.63) is 53.3 Å². The lowest BCUT2D eigenvalue weighted by Crippen LogP contribution is -2.14. The van der Waals surface area contributed by atoms with Crippen molar-refractivity contribution in [1.82, 2.24) is 24.7 Å². The van der Waals surface area contributed by atoms with Crippen LogP contribution in [0.5, 0.6) is 11.8 Å². The monoisotopic (exact) mass is 439 g/mol. The molecule has 10 heteroatoms. The van der Waals surface area contributed by atoms with Gasteiger partial charge in [-0.05, 0) is 19.1 Å². The van der Waals surface area contributed by atoms with E-state index in [9.17, 15) is 4.79 Å². The average molecular weight is 440 g/mol. The van der Waals surface area contributed by atoms with Gasteiger partial charge in [0.25, 0.3) is 11.8 Å². The Morgan fingerprint density at radius 3 is 2.39 bits per heavy atom. The van der Waals surface area contributed by atoms with Crippen molar-refractivity contribution in [3.8, 4) is 28.8 Å². The minimum Gasteiger partial charge on any atom is -0.477 e. The van der Waals surface area contributed by atoms with Gasteiger partial charge in [-0.3, -0.25) is 4.57 Å². The number of methoxy groups -OCH3 is 2. The number of esters is 1. The number of ether oxygens (including phenoxy) is 3. The molecule has 0 fully saturated rings. The van der Waals surface area contributed by atoms with Crippen molar-refractivity contribution in [2.45, 2.75) is 6.92 Å². The van der Waals surface area contributed by atoms with Gasteiger partial charge in [0.1, 0.15) is 5.52 Å². The van der Waals surface area contributed by atoms with Gasteiger partial charge in [-0.1, -0.05) is 41.9 Å². The third-order valence-electron chi connectivity index (χ3n) is 4.46. The maximum absolute atomic E-state index is 12.7. The van der Waals surface area contributed by atoms with Crippen LogP contribution in [0.25, 0.3) is 28.1 Å². The van der Waals surface area contributed by atoms with Gasteiger partial charge in [-0.2, -0.15) is 0 Å². The van der Waals surface area contributed by atoms with Crippen LogP contribution in [0, 0.1) is 0 Å². The summed E-state index contributed by atoms with van der Waals surface area (Å²) >= 11 is 6.61. The first-order valence-electron chi connectivity index (χ1n) is 9.35. The first kappa shape index (κ1) is 20.5. The molecule has 0 spiro atoms. The summed E-state index contributed by atoms with van der Waals surface area (Å²) in [5, 5.41) is 8.64. The lowest BCUT2D eigenvalue weighted by atomic mass is 10.2. The number of rotatable bonds is 6. The molecule has 0 saturated carbocycles. The number of halogens is 1. The molecular formula is C21H18ClN5O4. The van der Waals surface area contributed by atoms with Gasteiger partial charge in [0.05, 0.1) is 37.1 Å². The molecule has 0 unspecified atom stereocenters. The molecule has 0 aliphatic rings. The summed E-state index contributed by atoms with van der Waals surface area (Å²) in [4.78, 5) is 21.7. The van der Waals surface area contributed by atoms with Crippen molar-refractivity contribution in [3.63, 3.8) is 0 Å². The highest BCUT2D eigenvalue weighted by Crippen LogP contribution is 2.35. The molecule has 0 radical (unpaired) electrons. The molecule has 0 bridgehead atoms. The molecule has 31 heavy (non-hydrogen) atoms. The first-order chi connectivity index (χ1) is 15.1.